The van der Waals surface area contributed by atoms with E-state index in [0.29, 0.717) is 59.8 Å². The van der Waals surface area contributed by atoms with E-state index in [1.54, 1.807) is 53.1 Å². The van der Waals surface area contributed by atoms with Crippen LogP contribution in [0.25, 0.3) is 10.9 Å². The molecule has 2 heterocycles. The standard InChI is InChI=1S/C23H24ClN5O4/c1-2-29-21(31)18-8-7-15(13-19(18)26-23(29)33)20(30)27-9-4-10-28(12-11-27)22(32)25-17-6-3-5-16(24)14-17/h3,5-8,13-14H,2,4,9-12H2,1H3,(H,25,32)(H,26,33). The van der Waals surface area contributed by atoms with E-state index >= 15 is 0 Å². The second kappa shape index (κ2) is 9.50. The maximum atomic E-state index is 13.1. The van der Waals surface area contributed by atoms with Gasteiger partial charge in [-0.3, -0.25) is 14.2 Å². The van der Waals surface area contributed by atoms with Crippen LogP contribution in [0.15, 0.2) is 52.1 Å². The Bertz CT molecular complexity index is 1330. The van der Waals surface area contributed by atoms with E-state index in [-0.39, 0.29) is 24.0 Å². The number of hydrogen-bond donors (Lipinski definition) is 2. The van der Waals surface area contributed by atoms with Crippen molar-refractivity contribution >= 4 is 40.1 Å². The lowest BCUT2D eigenvalue weighted by Gasteiger charge is -2.22. The smallest absolute Gasteiger partial charge is 0.328 e. The average molecular weight is 470 g/mol. The molecule has 0 aliphatic carbocycles. The molecule has 10 heteroatoms. The van der Waals surface area contributed by atoms with Crippen molar-refractivity contribution < 1.29 is 9.59 Å². The Labute approximate surface area is 194 Å². The second-order valence-electron chi connectivity index (χ2n) is 7.81. The van der Waals surface area contributed by atoms with Crippen LogP contribution in [0.5, 0.6) is 0 Å². The molecule has 1 aromatic heterocycles. The highest BCUT2D eigenvalue weighted by atomic mass is 35.5. The highest BCUT2D eigenvalue weighted by Gasteiger charge is 2.23. The number of rotatable bonds is 3. The van der Waals surface area contributed by atoms with Gasteiger partial charge in [0.2, 0.25) is 0 Å². The number of carbonyl (C=O) groups is 2. The van der Waals surface area contributed by atoms with Crippen molar-refractivity contribution in [1.29, 1.82) is 0 Å². The Morgan fingerprint density at radius 1 is 1.03 bits per heavy atom. The van der Waals surface area contributed by atoms with Crippen molar-refractivity contribution in [1.82, 2.24) is 19.4 Å². The monoisotopic (exact) mass is 469 g/mol. The Hall–Kier alpha value is -3.59. The molecule has 1 fully saturated rings. The number of H-pyrrole nitrogens is 1. The zero-order valence-electron chi connectivity index (χ0n) is 18.1. The molecule has 2 aromatic carbocycles. The fourth-order valence-electron chi connectivity index (χ4n) is 3.95. The number of benzene rings is 2. The van der Waals surface area contributed by atoms with Crippen LogP contribution in [0, 0.1) is 0 Å². The highest BCUT2D eigenvalue weighted by molar-refractivity contribution is 6.30. The number of aromatic nitrogens is 2. The minimum Gasteiger partial charge on any atom is -0.337 e. The summed E-state index contributed by atoms with van der Waals surface area (Å²) in [6, 6.07) is 11.4. The number of halogens is 1. The summed E-state index contributed by atoms with van der Waals surface area (Å²) in [5, 5.41) is 3.72. The fraction of sp³-hybridized carbons (Fsp3) is 0.304. The van der Waals surface area contributed by atoms with Crippen molar-refractivity contribution in [3.8, 4) is 0 Å². The van der Waals surface area contributed by atoms with Crippen LogP contribution in [0.4, 0.5) is 10.5 Å². The lowest BCUT2D eigenvalue weighted by atomic mass is 10.1. The minimum atomic E-state index is -0.504. The van der Waals surface area contributed by atoms with E-state index in [9.17, 15) is 19.2 Å². The third-order valence-electron chi connectivity index (χ3n) is 5.69. The van der Waals surface area contributed by atoms with Gasteiger partial charge in [-0.05, 0) is 49.7 Å². The van der Waals surface area contributed by atoms with E-state index in [0.717, 1.165) is 4.57 Å². The quantitative estimate of drug-likeness (QED) is 0.614. The summed E-state index contributed by atoms with van der Waals surface area (Å²) in [4.78, 5) is 56.4. The number of amides is 3. The summed E-state index contributed by atoms with van der Waals surface area (Å²) < 4.78 is 1.11. The number of aromatic amines is 1. The maximum absolute atomic E-state index is 13.1. The zero-order chi connectivity index (χ0) is 23.5. The van der Waals surface area contributed by atoms with Crippen molar-refractivity contribution in [2.24, 2.45) is 0 Å². The van der Waals surface area contributed by atoms with Gasteiger partial charge in [-0.2, -0.15) is 0 Å². The molecule has 3 amide bonds. The third kappa shape index (κ3) is 4.78. The van der Waals surface area contributed by atoms with Gasteiger partial charge < -0.3 is 20.1 Å². The van der Waals surface area contributed by atoms with Crippen LogP contribution in [0.1, 0.15) is 23.7 Å². The summed E-state index contributed by atoms with van der Waals surface area (Å²) in [6.45, 7) is 3.74. The molecular formula is C23H24ClN5O4. The lowest BCUT2D eigenvalue weighted by Crippen LogP contribution is -2.39. The van der Waals surface area contributed by atoms with Crippen molar-refractivity contribution in [3.63, 3.8) is 0 Å². The molecule has 33 heavy (non-hydrogen) atoms. The molecule has 0 radical (unpaired) electrons. The van der Waals surface area contributed by atoms with Crippen molar-refractivity contribution in [2.75, 3.05) is 31.5 Å². The Morgan fingerprint density at radius 3 is 2.55 bits per heavy atom. The van der Waals surface area contributed by atoms with Gasteiger partial charge in [-0.15, -0.1) is 0 Å². The van der Waals surface area contributed by atoms with E-state index in [2.05, 4.69) is 10.3 Å². The first-order valence-electron chi connectivity index (χ1n) is 10.7. The molecule has 1 saturated heterocycles. The summed E-state index contributed by atoms with van der Waals surface area (Å²) in [7, 11) is 0. The molecule has 0 saturated carbocycles. The predicted octanol–water partition coefficient (Wildman–Crippen LogP) is 2.74. The molecule has 2 N–H and O–H groups in total. The van der Waals surface area contributed by atoms with Gasteiger partial charge >= 0.3 is 11.7 Å². The molecule has 3 aromatic rings. The fourth-order valence-corrected chi connectivity index (χ4v) is 4.14. The topological polar surface area (TPSA) is 108 Å². The van der Waals surface area contributed by atoms with Gasteiger partial charge in [0.15, 0.2) is 0 Å². The van der Waals surface area contributed by atoms with Crippen LogP contribution in [-0.4, -0.2) is 57.5 Å². The average Bonchev–Trinajstić information content (AvgIpc) is 3.05. The predicted molar refractivity (Wildman–Crippen MR) is 127 cm³/mol. The molecule has 0 atom stereocenters. The van der Waals surface area contributed by atoms with E-state index < -0.39 is 5.69 Å². The van der Waals surface area contributed by atoms with Gasteiger partial charge in [-0.25, -0.2) is 9.59 Å². The van der Waals surface area contributed by atoms with E-state index in [1.165, 1.54) is 6.07 Å². The normalized spacial score (nSPS) is 14.2. The molecule has 0 spiro atoms. The Kier molecular flexibility index (Phi) is 6.50. The third-order valence-corrected chi connectivity index (χ3v) is 5.93. The summed E-state index contributed by atoms with van der Waals surface area (Å²) in [5.41, 5.74) is 0.431. The SMILES string of the molecule is CCn1c(=O)[nH]c2cc(C(=O)N3CCCN(C(=O)Nc4cccc(Cl)c4)CC3)ccc2c1=O. The molecule has 9 nitrogen and oxygen atoms in total. The number of anilines is 1. The van der Waals surface area contributed by atoms with Crippen LogP contribution in [-0.2, 0) is 6.54 Å². The van der Waals surface area contributed by atoms with Gasteiger partial charge in [-0.1, -0.05) is 17.7 Å². The number of fused-ring (bicyclic) bond motifs is 1. The minimum absolute atomic E-state index is 0.213. The van der Waals surface area contributed by atoms with Gasteiger partial charge in [0.25, 0.3) is 11.5 Å². The molecule has 1 aliphatic heterocycles. The first kappa shape index (κ1) is 22.6. The molecule has 1 aliphatic rings. The molecular weight excluding hydrogens is 446 g/mol. The number of nitrogens with one attached hydrogen (secondary N) is 2. The number of hydrogen-bond acceptors (Lipinski definition) is 4. The van der Waals surface area contributed by atoms with Crippen LogP contribution < -0.4 is 16.6 Å². The Morgan fingerprint density at radius 2 is 1.79 bits per heavy atom. The Balaban J connectivity index is 1.47. The van der Waals surface area contributed by atoms with Gasteiger partial charge in [0, 0.05) is 49.0 Å². The van der Waals surface area contributed by atoms with Gasteiger partial charge in [0.05, 0.1) is 10.9 Å². The van der Waals surface area contributed by atoms with Crippen molar-refractivity contribution in [2.45, 2.75) is 19.9 Å². The first-order valence-corrected chi connectivity index (χ1v) is 11.1. The number of nitrogens with zero attached hydrogens (tertiary/aromatic N) is 3. The molecule has 4 rings (SSSR count). The van der Waals surface area contributed by atoms with E-state index in [4.69, 9.17) is 11.6 Å². The second-order valence-corrected chi connectivity index (χ2v) is 8.25. The number of carbonyl (C=O) groups excluding carboxylic acids is 2. The summed E-state index contributed by atoms with van der Waals surface area (Å²) >= 11 is 5.97. The van der Waals surface area contributed by atoms with Crippen molar-refractivity contribution in [3.05, 3.63) is 73.9 Å². The largest absolute Gasteiger partial charge is 0.337 e. The molecule has 0 bridgehead atoms. The number of urea groups is 1. The van der Waals surface area contributed by atoms with E-state index in [1.807, 2.05) is 0 Å². The molecule has 172 valence electrons. The first-order chi connectivity index (χ1) is 15.9. The van der Waals surface area contributed by atoms with Crippen LogP contribution >= 0.6 is 11.6 Å². The summed E-state index contributed by atoms with van der Waals surface area (Å²) in [6.07, 6.45) is 0.625. The maximum Gasteiger partial charge on any atom is 0.328 e. The highest BCUT2D eigenvalue weighted by Crippen LogP contribution is 2.17. The summed E-state index contributed by atoms with van der Waals surface area (Å²) in [5.74, 6) is -0.213. The lowest BCUT2D eigenvalue weighted by molar-refractivity contribution is 0.0763. The zero-order valence-corrected chi connectivity index (χ0v) is 18.9. The molecule has 0 unspecified atom stereocenters. The van der Waals surface area contributed by atoms with Gasteiger partial charge in [0.1, 0.15) is 0 Å². The van der Waals surface area contributed by atoms with Crippen LogP contribution in [0.2, 0.25) is 5.02 Å². The van der Waals surface area contributed by atoms with Crippen LogP contribution in [0.3, 0.4) is 0 Å².